The van der Waals surface area contributed by atoms with E-state index < -0.39 is 10.0 Å². The van der Waals surface area contributed by atoms with Gasteiger partial charge in [0.2, 0.25) is 10.0 Å². The minimum absolute atomic E-state index is 0.0162. The summed E-state index contributed by atoms with van der Waals surface area (Å²) in [4.78, 5) is 14.3. The second-order valence-corrected chi connectivity index (χ2v) is 8.48. The largest absolute Gasteiger partial charge is 0.358 e. The molecule has 0 aromatic heterocycles. The zero-order chi connectivity index (χ0) is 16.2. The van der Waals surface area contributed by atoms with E-state index in [1.165, 1.54) is 11.8 Å². The molecule has 0 aliphatic carbocycles. The van der Waals surface area contributed by atoms with Crippen molar-refractivity contribution in [1.29, 1.82) is 0 Å². The summed E-state index contributed by atoms with van der Waals surface area (Å²) in [5.41, 5.74) is 0.995. The number of rotatable bonds is 5. The van der Waals surface area contributed by atoms with Crippen LogP contribution in [0.2, 0.25) is 0 Å². The van der Waals surface area contributed by atoms with E-state index >= 15 is 0 Å². The van der Waals surface area contributed by atoms with E-state index in [4.69, 9.17) is 12.2 Å². The maximum Gasteiger partial charge on any atom is 0.229 e. The van der Waals surface area contributed by atoms with Crippen LogP contribution in [0.3, 0.4) is 0 Å². The molecule has 8 heteroatoms. The Bertz CT molecular complexity index is 650. The predicted octanol–water partition coefficient (Wildman–Crippen LogP) is 2.35. The Morgan fingerprint density at radius 2 is 1.86 bits per heavy atom. The molecule has 1 N–H and O–H groups in total. The fourth-order valence-electron chi connectivity index (χ4n) is 2.14. The summed E-state index contributed by atoms with van der Waals surface area (Å²) in [5, 5.41) is 0. The number of likely N-dealkylation sites (tertiary alicyclic amines) is 1. The van der Waals surface area contributed by atoms with E-state index in [2.05, 4.69) is 9.62 Å². The number of carbonyl (C=O) groups excluding carboxylic acids is 1. The number of hydrogen-bond acceptors (Lipinski definition) is 5. The van der Waals surface area contributed by atoms with E-state index in [1.54, 1.807) is 24.3 Å². The van der Waals surface area contributed by atoms with E-state index in [0.717, 1.165) is 36.5 Å². The average molecular weight is 359 g/mol. The van der Waals surface area contributed by atoms with Gasteiger partial charge in [-0.25, -0.2) is 8.42 Å². The molecule has 0 unspecified atom stereocenters. The third-order valence-corrected chi connectivity index (χ3v) is 5.33. The second kappa shape index (κ2) is 7.43. The monoisotopic (exact) mass is 358 g/mol. The van der Waals surface area contributed by atoms with Gasteiger partial charge in [0.25, 0.3) is 0 Å². The van der Waals surface area contributed by atoms with Gasteiger partial charge in [-0.15, -0.1) is 0 Å². The van der Waals surface area contributed by atoms with Crippen LogP contribution in [0.5, 0.6) is 0 Å². The van der Waals surface area contributed by atoms with Crippen LogP contribution in [-0.2, 0) is 10.0 Å². The number of thioether (sulfide) groups is 1. The molecule has 0 amide bonds. The third kappa shape index (κ3) is 5.26. The number of hydrogen-bond donors (Lipinski definition) is 1. The highest BCUT2D eigenvalue weighted by molar-refractivity contribution is 8.23. The lowest BCUT2D eigenvalue weighted by atomic mass is 10.1. The number of anilines is 1. The summed E-state index contributed by atoms with van der Waals surface area (Å²) < 4.78 is 25.4. The van der Waals surface area contributed by atoms with E-state index in [0.29, 0.717) is 17.0 Å². The topological polar surface area (TPSA) is 66.5 Å². The van der Waals surface area contributed by atoms with Crippen molar-refractivity contribution < 1.29 is 13.2 Å². The van der Waals surface area contributed by atoms with Crippen LogP contribution in [0.1, 0.15) is 23.2 Å². The lowest BCUT2D eigenvalue weighted by Crippen LogP contribution is -2.24. The molecule has 2 rings (SSSR count). The van der Waals surface area contributed by atoms with Crippen LogP contribution in [0.4, 0.5) is 5.69 Å². The lowest BCUT2D eigenvalue weighted by Gasteiger charge is -2.17. The number of Topliss-reactive ketones (excluding diaryl/α,β-unsaturated/α-hetero) is 1. The van der Waals surface area contributed by atoms with Crippen LogP contribution < -0.4 is 4.72 Å². The summed E-state index contributed by atoms with van der Waals surface area (Å²) in [6.07, 6.45) is 3.40. The van der Waals surface area contributed by atoms with Crippen molar-refractivity contribution in [2.24, 2.45) is 0 Å². The molecule has 1 heterocycles. The molecule has 0 radical (unpaired) electrons. The van der Waals surface area contributed by atoms with Gasteiger partial charge in [-0.1, -0.05) is 24.0 Å². The first-order valence-electron chi connectivity index (χ1n) is 6.88. The van der Waals surface area contributed by atoms with E-state index in [1.807, 2.05) is 0 Å². The summed E-state index contributed by atoms with van der Waals surface area (Å²) in [5.74, 6) is 0.284. The Morgan fingerprint density at radius 1 is 1.27 bits per heavy atom. The standard InChI is InChI=1S/C14H18N2O3S3/c1-22(18,19)15-12-6-4-11(5-7-12)13(17)10-21-14(20)16-8-2-3-9-16/h4-7,15H,2-3,8-10H2,1H3. The normalized spacial score (nSPS) is 14.9. The Morgan fingerprint density at radius 3 is 2.41 bits per heavy atom. The van der Waals surface area contributed by atoms with Gasteiger partial charge in [-0.05, 0) is 37.1 Å². The van der Waals surface area contributed by atoms with Crippen LogP contribution in [0.25, 0.3) is 0 Å². The van der Waals surface area contributed by atoms with Crippen LogP contribution >= 0.6 is 24.0 Å². The highest BCUT2D eigenvalue weighted by Crippen LogP contribution is 2.18. The first-order valence-corrected chi connectivity index (χ1v) is 10.2. The summed E-state index contributed by atoms with van der Waals surface area (Å²) in [6.45, 7) is 1.96. The SMILES string of the molecule is CS(=O)(=O)Nc1ccc(C(=O)CSC(=S)N2CCCC2)cc1. The smallest absolute Gasteiger partial charge is 0.229 e. The first kappa shape index (κ1) is 17.2. The summed E-state index contributed by atoms with van der Waals surface area (Å²) in [7, 11) is -3.30. The number of ketones is 1. The number of nitrogens with one attached hydrogen (secondary N) is 1. The van der Waals surface area contributed by atoms with Gasteiger partial charge in [0.05, 0.1) is 12.0 Å². The molecule has 1 aromatic carbocycles. The maximum atomic E-state index is 12.1. The van der Waals surface area contributed by atoms with Crippen molar-refractivity contribution in [2.45, 2.75) is 12.8 Å². The molecule has 0 bridgehead atoms. The zero-order valence-electron chi connectivity index (χ0n) is 12.2. The number of thiocarbonyl (C=S) groups is 1. The molecule has 5 nitrogen and oxygen atoms in total. The van der Waals surface area contributed by atoms with Gasteiger partial charge in [-0.3, -0.25) is 9.52 Å². The number of benzene rings is 1. The Balaban J connectivity index is 1.88. The summed E-state index contributed by atoms with van der Waals surface area (Å²) >= 11 is 6.71. The molecule has 0 spiro atoms. The number of nitrogens with zero attached hydrogens (tertiary/aromatic N) is 1. The van der Waals surface area contributed by atoms with Gasteiger partial charge in [0.15, 0.2) is 5.78 Å². The molecule has 1 aliphatic heterocycles. The molecule has 1 fully saturated rings. The quantitative estimate of drug-likeness (QED) is 0.644. The molecule has 1 saturated heterocycles. The molecule has 1 aliphatic rings. The molecule has 120 valence electrons. The highest BCUT2D eigenvalue weighted by atomic mass is 32.2. The molecular formula is C14H18N2O3S3. The van der Waals surface area contributed by atoms with Gasteiger partial charge < -0.3 is 4.90 Å². The van der Waals surface area contributed by atoms with Crippen molar-refractivity contribution in [2.75, 3.05) is 29.8 Å². The van der Waals surface area contributed by atoms with E-state index in [-0.39, 0.29) is 5.78 Å². The summed E-state index contributed by atoms with van der Waals surface area (Å²) in [6, 6.07) is 6.40. The zero-order valence-corrected chi connectivity index (χ0v) is 14.7. The van der Waals surface area contributed by atoms with Crippen molar-refractivity contribution in [1.82, 2.24) is 4.90 Å². The lowest BCUT2D eigenvalue weighted by molar-refractivity contribution is 0.102. The van der Waals surface area contributed by atoms with Gasteiger partial charge in [-0.2, -0.15) is 0 Å². The Labute approximate surface area is 140 Å². The third-order valence-electron chi connectivity index (χ3n) is 3.20. The van der Waals surface area contributed by atoms with Crippen molar-refractivity contribution in [3.05, 3.63) is 29.8 Å². The number of sulfonamides is 1. The fourth-order valence-corrected chi connectivity index (χ4v) is 3.85. The predicted molar refractivity (Wildman–Crippen MR) is 95.1 cm³/mol. The average Bonchev–Trinajstić information content (AvgIpc) is 2.97. The second-order valence-electron chi connectivity index (χ2n) is 5.12. The van der Waals surface area contributed by atoms with Gasteiger partial charge >= 0.3 is 0 Å². The van der Waals surface area contributed by atoms with Crippen molar-refractivity contribution in [3.8, 4) is 0 Å². The minimum Gasteiger partial charge on any atom is -0.358 e. The van der Waals surface area contributed by atoms with Gasteiger partial charge in [0.1, 0.15) is 4.32 Å². The van der Waals surface area contributed by atoms with Crippen LogP contribution in [-0.4, -0.2) is 48.5 Å². The number of carbonyl (C=O) groups is 1. The fraction of sp³-hybridized carbons (Fsp3) is 0.429. The van der Waals surface area contributed by atoms with E-state index in [9.17, 15) is 13.2 Å². The Hall–Kier alpha value is -1.12. The van der Waals surface area contributed by atoms with Crippen molar-refractivity contribution in [3.63, 3.8) is 0 Å². The molecule has 0 atom stereocenters. The highest BCUT2D eigenvalue weighted by Gasteiger charge is 2.16. The van der Waals surface area contributed by atoms with Crippen LogP contribution in [0, 0.1) is 0 Å². The maximum absolute atomic E-state index is 12.1. The first-order chi connectivity index (χ1) is 10.3. The molecule has 22 heavy (non-hydrogen) atoms. The molecular weight excluding hydrogens is 340 g/mol. The van der Waals surface area contributed by atoms with Gasteiger partial charge in [0, 0.05) is 24.3 Å². The molecule has 0 saturated carbocycles. The van der Waals surface area contributed by atoms with Crippen molar-refractivity contribution >= 4 is 49.8 Å². The Kier molecular flexibility index (Phi) is 5.82. The molecule has 1 aromatic rings. The van der Waals surface area contributed by atoms with Crippen LogP contribution in [0.15, 0.2) is 24.3 Å². The minimum atomic E-state index is -3.30.